The van der Waals surface area contributed by atoms with Crippen LogP contribution in [0.4, 0.5) is 19.0 Å². The van der Waals surface area contributed by atoms with Crippen LogP contribution in [0, 0.1) is 0 Å². The van der Waals surface area contributed by atoms with E-state index in [1.165, 1.54) is 13.2 Å². The maximum Gasteiger partial charge on any atom is 0.417 e. The number of pyridine rings is 1. The monoisotopic (exact) mass is 485 g/mol. The maximum atomic E-state index is 13.2. The molecule has 1 amide bonds. The van der Waals surface area contributed by atoms with Crippen molar-refractivity contribution in [3.05, 3.63) is 83.6 Å². The van der Waals surface area contributed by atoms with Crippen molar-refractivity contribution in [1.82, 2.24) is 9.88 Å². The van der Waals surface area contributed by atoms with Crippen LogP contribution in [0.5, 0.6) is 11.5 Å². The number of nitrogens with zero attached hydrogens (tertiary/aromatic N) is 3. The molecule has 9 heteroatoms. The number of halogens is 3. The second kappa shape index (κ2) is 10.7. The zero-order valence-corrected chi connectivity index (χ0v) is 19.3. The molecule has 0 unspecified atom stereocenters. The fraction of sp³-hybridized carbons (Fsp3) is 0.308. The zero-order chi connectivity index (χ0) is 24.8. The lowest BCUT2D eigenvalue weighted by molar-refractivity contribution is -0.137. The Balaban J connectivity index is 1.40. The SMILES string of the molecule is COc1cc(C(=O)N2CCCN(c3ccc(C(F)(F)F)cn3)CC2)ccc1OCc1ccccc1. The minimum absolute atomic E-state index is 0.139. The molecule has 4 rings (SSSR count). The number of carbonyl (C=O) groups is 1. The highest BCUT2D eigenvalue weighted by atomic mass is 19.4. The van der Waals surface area contributed by atoms with Crippen molar-refractivity contribution in [1.29, 1.82) is 0 Å². The summed E-state index contributed by atoms with van der Waals surface area (Å²) in [7, 11) is 1.53. The van der Waals surface area contributed by atoms with Crippen molar-refractivity contribution in [2.24, 2.45) is 0 Å². The molecule has 0 spiro atoms. The highest BCUT2D eigenvalue weighted by molar-refractivity contribution is 5.95. The highest BCUT2D eigenvalue weighted by Gasteiger charge is 2.31. The molecule has 0 N–H and O–H groups in total. The first kappa shape index (κ1) is 24.4. The number of ether oxygens (including phenoxy) is 2. The number of methoxy groups -OCH3 is 1. The highest BCUT2D eigenvalue weighted by Crippen LogP contribution is 2.31. The minimum Gasteiger partial charge on any atom is -0.493 e. The Labute approximate surface area is 201 Å². The standard InChI is InChI=1S/C26H26F3N3O3/c1-34-23-16-20(8-10-22(23)35-18-19-6-3-2-4-7-19)25(33)32-13-5-12-31(14-15-32)24-11-9-21(17-30-24)26(27,28)29/h2-4,6-11,16-17H,5,12-15,18H2,1H3. The van der Waals surface area contributed by atoms with Gasteiger partial charge in [0, 0.05) is 37.9 Å². The van der Waals surface area contributed by atoms with E-state index in [-0.39, 0.29) is 5.91 Å². The largest absolute Gasteiger partial charge is 0.493 e. The average molecular weight is 486 g/mol. The van der Waals surface area contributed by atoms with Gasteiger partial charge in [0.05, 0.1) is 12.7 Å². The van der Waals surface area contributed by atoms with Gasteiger partial charge in [0.25, 0.3) is 5.91 Å². The fourth-order valence-electron chi connectivity index (χ4n) is 3.93. The van der Waals surface area contributed by atoms with E-state index in [1.807, 2.05) is 35.2 Å². The number of rotatable bonds is 6. The number of hydrogen-bond acceptors (Lipinski definition) is 5. The molecule has 184 valence electrons. The molecule has 0 radical (unpaired) electrons. The third-order valence-electron chi connectivity index (χ3n) is 5.83. The van der Waals surface area contributed by atoms with Crippen LogP contribution in [0.1, 0.15) is 27.9 Å². The molecule has 0 atom stereocenters. The van der Waals surface area contributed by atoms with Gasteiger partial charge >= 0.3 is 6.18 Å². The number of carbonyl (C=O) groups excluding carboxylic acids is 1. The fourth-order valence-corrected chi connectivity index (χ4v) is 3.93. The van der Waals surface area contributed by atoms with Crippen molar-refractivity contribution in [2.75, 3.05) is 38.2 Å². The van der Waals surface area contributed by atoms with Crippen LogP contribution in [0.2, 0.25) is 0 Å². The summed E-state index contributed by atoms with van der Waals surface area (Å²) in [4.78, 5) is 20.8. The van der Waals surface area contributed by atoms with Crippen LogP contribution in [0.3, 0.4) is 0 Å². The van der Waals surface area contributed by atoms with Crippen LogP contribution < -0.4 is 14.4 Å². The van der Waals surface area contributed by atoms with Crippen molar-refractivity contribution in [3.63, 3.8) is 0 Å². The molecule has 0 aliphatic carbocycles. The lowest BCUT2D eigenvalue weighted by atomic mass is 10.1. The molecule has 3 aromatic rings. The number of alkyl halides is 3. The molecule has 0 bridgehead atoms. The summed E-state index contributed by atoms with van der Waals surface area (Å²) in [5, 5.41) is 0. The topological polar surface area (TPSA) is 54.9 Å². The molecule has 1 aliphatic heterocycles. The van der Waals surface area contributed by atoms with E-state index < -0.39 is 11.7 Å². The first-order chi connectivity index (χ1) is 16.8. The first-order valence-corrected chi connectivity index (χ1v) is 11.3. The summed E-state index contributed by atoms with van der Waals surface area (Å²) in [6.07, 6.45) is -2.91. The van der Waals surface area contributed by atoms with Gasteiger partial charge in [-0.15, -0.1) is 0 Å². The summed E-state index contributed by atoms with van der Waals surface area (Å²) in [5.41, 5.74) is 0.722. The van der Waals surface area contributed by atoms with Gasteiger partial charge in [-0.05, 0) is 42.3 Å². The summed E-state index contributed by atoms with van der Waals surface area (Å²) in [5.74, 6) is 1.34. The van der Waals surface area contributed by atoms with Crippen LogP contribution in [0.25, 0.3) is 0 Å². The average Bonchev–Trinajstić information content (AvgIpc) is 3.13. The number of aromatic nitrogens is 1. The quantitative estimate of drug-likeness (QED) is 0.490. The van der Waals surface area contributed by atoms with Crippen molar-refractivity contribution >= 4 is 11.7 Å². The van der Waals surface area contributed by atoms with Gasteiger partial charge < -0.3 is 19.3 Å². The molecule has 6 nitrogen and oxygen atoms in total. The Morgan fingerprint density at radius 2 is 1.77 bits per heavy atom. The van der Waals surface area contributed by atoms with Gasteiger partial charge in [0.2, 0.25) is 0 Å². The van der Waals surface area contributed by atoms with E-state index in [1.54, 1.807) is 23.1 Å². The van der Waals surface area contributed by atoms with Gasteiger partial charge in [-0.3, -0.25) is 4.79 Å². The second-order valence-electron chi connectivity index (χ2n) is 8.18. The lowest BCUT2D eigenvalue weighted by Crippen LogP contribution is -2.35. The van der Waals surface area contributed by atoms with Crippen molar-refractivity contribution < 1.29 is 27.4 Å². The third kappa shape index (κ3) is 6.03. The maximum absolute atomic E-state index is 13.2. The molecular formula is C26H26F3N3O3. The summed E-state index contributed by atoms with van der Waals surface area (Å²) >= 11 is 0. The van der Waals surface area contributed by atoms with E-state index in [0.29, 0.717) is 62.1 Å². The van der Waals surface area contributed by atoms with E-state index in [0.717, 1.165) is 17.8 Å². The summed E-state index contributed by atoms with van der Waals surface area (Å²) < 4.78 is 49.8. The molecule has 2 heterocycles. The normalized spacial score (nSPS) is 14.4. The Hall–Kier alpha value is -3.75. The van der Waals surface area contributed by atoms with Crippen molar-refractivity contribution in [2.45, 2.75) is 19.2 Å². The summed E-state index contributed by atoms with van der Waals surface area (Å²) in [6.45, 7) is 2.41. The molecule has 1 aliphatic rings. The lowest BCUT2D eigenvalue weighted by Gasteiger charge is -2.23. The van der Waals surface area contributed by atoms with E-state index in [4.69, 9.17) is 9.47 Å². The van der Waals surface area contributed by atoms with Crippen LogP contribution >= 0.6 is 0 Å². The summed E-state index contributed by atoms with van der Waals surface area (Å²) in [6, 6.07) is 17.3. The van der Waals surface area contributed by atoms with E-state index in [9.17, 15) is 18.0 Å². The minimum atomic E-state index is -4.42. The Morgan fingerprint density at radius 3 is 2.46 bits per heavy atom. The van der Waals surface area contributed by atoms with Gasteiger partial charge in [-0.1, -0.05) is 30.3 Å². The number of amides is 1. The molecule has 35 heavy (non-hydrogen) atoms. The van der Waals surface area contributed by atoms with Gasteiger partial charge in [-0.2, -0.15) is 13.2 Å². The Kier molecular flexibility index (Phi) is 7.43. The van der Waals surface area contributed by atoms with Gasteiger partial charge in [0.15, 0.2) is 11.5 Å². The number of hydrogen-bond donors (Lipinski definition) is 0. The predicted molar refractivity (Wildman–Crippen MR) is 126 cm³/mol. The van der Waals surface area contributed by atoms with Crippen LogP contribution in [0.15, 0.2) is 66.9 Å². The second-order valence-corrected chi connectivity index (χ2v) is 8.18. The smallest absolute Gasteiger partial charge is 0.417 e. The first-order valence-electron chi connectivity index (χ1n) is 11.3. The third-order valence-corrected chi connectivity index (χ3v) is 5.83. The molecular weight excluding hydrogens is 459 g/mol. The molecule has 2 aromatic carbocycles. The molecule has 1 aromatic heterocycles. The van der Waals surface area contributed by atoms with Crippen molar-refractivity contribution in [3.8, 4) is 11.5 Å². The van der Waals surface area contributed by atoms with Gasteiger partial charge in [0.1, 0.15) is 12.4 Å². The Bertz CT molecular complexity index is 1140. The number of anilines is 1. The van der Waals surface area contributed by atoms with Crippen LogP contribution in [-0.2, 0) is 12.8 Å². The zero-order valence-electron chi connectivity index (χ0n) is 19.3. The molecule has 1 fully saturated rings. The molecule has 1 saturated heterocycles. The molecule has 0 saturated carbocycles. The van der Waals surface area contributed by atoms with E-state index >= 15 is 0 Å². The Morgan fingerprint density at radius 1 is 0.971 bits per heavy atom. The number of benzene rings is 2. The predicted octanol–water partition coefficient (Wildman–Crippen LogP) is 5.04. The van der Waals surface area contributed by atoms with Crippen LogP contribution in [-0.4, -0.2) is 49.1 Å². The van der Waals surface area contributed by atoms with E-state index in [2.05, 4.69) is 4.98 Å². The van der Waals surface area contributed by atoms with Gasteiger partial charge in [-0.25, -0.2) is 4.98 Å².